The van der Waals surface area contributed by atoms with Crippen molar-refractivity contribution < 1.29 is 9.53 Å². The average Bonchev–Trinajstić information content (AvgIpc) is 2.59. The topological polar surface area (TPSA) is 87.6 Å². The van der Waals surface area contributed by atoms with Gasteiger partial charge in [0.15, 0.2) is 5.96 Å². The van der Waals surface area contributed by atoms with E-state index in [1.54, 1.807) is 13.2 Å². The summed E-state index contributed by atoms with van der Waals surface area (Å²) in [6, 6.07) is 10.1. The first-order chi connectivity index (χ1) is 12.4. The summed E-state index contributed by atoms with van der Waals surface area (Å²) in [5, 5.41) is 10.2. The van der Waals surface area contributed by atoms with E-state index < -0.39 is 11.7 Å². The summed E-state index contributed by atoms with van der Waals surface area (Å²) in [4.78, 5) is 20.2. The molecule has 1 amide bonds. The Hall–Kier alpha value is -2.10. The number of hydrogen-bond donors (Lipinski definition) is 3. The number of benzene rings is 1. The average molecular weight is 485 g/mol. The van der Waals surface area contributed by atoms with Gasteiger partial charge in [-0.3, -0.25) is 9.98 Å². The molecule has 0 atom stereocenters. The van der Waals surface area contributed by atoms with E-state index in [1.807, 2.05) is 51.1 Å². The van der Waals surface area contributed by atoms with Gasteiger partial charge in [0.05, 0.1) is 5.52 Å². The van der Waals surface area contributed by atoms with Gasteiger partial charge in [-0.25, -0.2) is 4.79 Å². The fourth-order valence-electron chi connectivity index (χ4n) is 2.37. The van der Waals surface area contributed by atoms with Crippen molar-refractivity contribution in [3.05, 3.63) is 42.1 Å². The third-order valence-corrected chi connectivity index (χ3v) is 3.47. The van der Waals surface area contributed by atoms with Gasteiger partial charge in [0.2, 0.25) is 0 Å². The maximum absolute atomic E-state index is 11.6. The molecule has 0 radical (unpaired) electrons. The first-order valence-electron chi connectivity index (χ1n) is 8.63. The van der Waals surface area contributed by atoms with E-state index in [1.165, 1.54) is 0 Å². The molecule has 0 saturated carbocycles. The Morgan fingerprint density at radius 1 is 1.11 bits per heavy atom. The van der Waals surface area contributed by atoms with Crippen molar-refractivity contribution >= 4 is 46.9 Å². The number of carbonyl (C=O) groups is 1. The molecule has 0 saturated heterocycles. The van der Waals surface area contributed by atoms with Crippen LogP contribution in [-0.4, -0.2) is 42.8 Å². The Morgan fingerprint density at radius 3 is 2.52 bits per heavy atom. The van der Waals surface area contributed by atoms with Gasteiger partial charge in [-0.1, -0.05) is 24.3 Å². The summed E-state index contributed by atoms with van der Waals surface area (Å²) < 4.78 is 5.19. The van der Waals surface area contributed by atoms with Crippen LogP contribution in [0.15, 0.2) is 41.5 Å². The number of alkyl carbamates (subject to hydrolysis) is 1. The van der Waals surface area contributed by atoms with E-state index in [0.717, 1.165) is 16.5 Å². The Kier molecular flexibility index (Phi) is 9.27. The molecular weight excluding hydrogens is 457 g/mol. The van der Waals surface area contributed by atoms with Gasteiger partial charge in [0, 0.05) is 38.3 Å². The lowest BCUT2D eigenvalue weighted by atomic mass is 10.1. The van der Waals surface area contributed by atoms with E-state index >= 15 is 0 Å². The fourth-order valence-corrected chi connectivity index (χ4v) is 2.37. The van der Waals surface area contributed by atoms with Crippen molar-refractivity contribution in [3.8, 4) is 0 Å². The number of amides is 1. The highest BCUT2D eigenvalue weighted by atomic mass is 127. The second kappa shape index (κ2) is 10.9. The van der Waals surface area contributed by atoms with Crippen LogP contribution in [0.5, 0.6) is 0 Å². The smallest absolute Gasteiger partial charge is 0.407 e. The molecule has 1 heterocycles. The van der Waals surface area contributed by atoms with Crippen LogP contribution in [-0.2, 0) is 11.3 Å². The lowest BCUT2D eigenvalue weighted by molar-refractivity contribution is 0.0529. The lowest BCUT2D eigenvalue weighted by Gasteiger charge is -2.20. The van der Waals surface area contributed by atoms with Crippen molar-refractivity contribution in [1.29, 1.82) is 0 Å². The molecule has 0 aliphatic rings. The number of halogens is 1. The van der Waals surface area contributed by atoms with Crippen LogP contribution in [0.1, 0.15) is 26.3 Å². The zero-order valence-corrected chi connectivity index (χ0v) is 18.5. The zero-order valence-electron chi connectivity index (χ0n) is 16.2. The number of nitrogens with one attached hydrogen (secondary N) is 3. The molecule has 0 bridgehead atoms. The summed E-state index contributed by atoms with van der Waals surface area (Å²) in [6.45, 7) is 7.07. The van der Waals surface area contributed by atoms with Crippen molar-refractivity contribution in [2.45, 2.75) is 32.9 Å². The summed E-state index contributed by atoms with van der Waals surface area (Å²) in [6.07, 6.45) is 1.37. The van der Waals surface area contributed by atoms with Gasteiger partial charge >= 0.3 is 6.09 Å². The molecule has 0 unspecified atom stereocenters. The first-order valence-corrected chi connectivity index (χ1v) is 8.63. The van der Waals surface area contributed by atoms with Crippen molar-refractivity contribution in [3.63, 3.8) is 0 Å². The molecule has 8 heteroatoms. The summed E-state index contributed by atoms with van der Waals surface area (Å²) in [5.41, 5.74) is 1.57. The van der Waals surface area contributed by atoms with Gasteiger partial charge in [-0.2, -0.15) is 0 Å². The number of aromatic nitrogens is 1. The number of guanidine groups is 1. The van der Waals surface area contributed by atoms with Crippen molar-refractivity contribution in [2.75, 3.05) is 20.1 Å². The number of ether oxygens (including phenoxy) is 1. The highest BCUT2D eigenvalue weighted by Gasteiger charge is 2.15. The number of fused-ring (bicyclic) bond motifs is 1. The molecule has 0 fully saturated rings. The van der Waals surface area contributed by atoms with E-state index in [4.69, 9.17) is 4.74 Å². The van der Waals surface area contributed by atoms with Gasteiger partial charge in [-0.15, -0.1) is 24.0 Å². The number of aliphatic imine (C=N–C) groups is 1. The van der Waals surface area contributed by atoms with E-state index in [0.29, 0.717) is 25.6 Å². The fraction of sp³-hybridized carbons (Fsp3) is 0.421. The van der Waals surface area contributed by atoms with Crippen molar-refractivity contribution in [2.24, 2.45) is 4.99 Å². The highest BCUT2D eigenvalue weighted by molar-refractivity contribution is 14.0. The van der Waals surface area contributed by atoms with Crippen molar-refractivity contribution in [1.82, 2.24) is 20.9 Å². The SMILES string of the molecule is CN=C(NCCNC(=O)OC(C)(C)C)NCc1cccc2cccnc12.I. The molecule has 148 valence electrons. The minimum atomic E-state index is -0.498. The minimum absolute atomic E-state index is 0. The normalized spacial score (nSPS) is 11.5. The molecule has 2 aromatic rings. The number of rotatable bonds is 5. The predicted octanol–water partition coefficient (Wildman–Crippen LogP) is 3.04. The molecule has 1 aromatic carbocycles. The number of hydrogen-bond acceptors (Lipinski definition) is 4. The predicted molar refractivity (Wildman–Crippen MR) is 120 cm³/mol. The van der Waals surface area contributed by atoms with Gasteiger partial charge in [-0.05, 0) is 32.4 Å². The molecular formula is C19H28IN5O2. The quantitative estimate of drug-likeness (QED) is 0.262. The Labute approximate surface area is 177 Å². The summed E-state index contributed by atoms with van der Waals surface area (Å²) in [5.74, 6) is 0.656. The van der Waals surface area contributed by atoms with E-state index in [9.17, 15) is 4.79 Å². The Balaban J connectivity index is 0.00000364. The number of carbonyl (C=O) groups excluding carboxylic acids is 1. The summed E-state index contributed by atoms with van der Waals surface area (Å²) in [7, 11) is 1.71. The Bertz CT molecular complexity index is 769. The van der Waals surface area contributed by atoms with Crippen LogP contribution in [0.25, 0.3) is 10.9 Å². The molecule has 0 aliphatic carbocycles. The lowest BCUT2D eigenvalue weighted by Crippen LogP contribution is -2.42. The van der Waals surface area contributed by atoms with E-state index in [-0.39, 0.29) is 24.0 Å². The van der Waals surface area contributed by atoms with Gasteiger partial charge in [0.25, 0.3) is 0 Å². The summed E-state index contributed by atoms with van der Waals surface area (Å²) >= 11 is 0. The van der Waals surface area contributed by atoms with Gasteiger partial charge in [0.1, 0.15) is 5.60 Å². The Morgan fingerprint density at radius 2 is 1.81 bits per heavy atom. The van der Waals surface area contributed by atoms with E-state index in [2.05, 4.69) is 25.9 Å². The molecule has 3 N–H and O–H groups in total. The number of nitrogens with zero attached hydrogens (tertiary/aromatic N) is 2. The van der Waals surface area contributed by atoms with Crippen LogP contribution in [0.4, 0.5) is 4.79 Å². The van der Waals surface area contributed by atoms with Crippen LogP contribution >= 0.6 is 24.0 Å². The van der Waals surface area contributed by atoms with Crippen LogP contribution in [0.2, 0.25) is 0 Å². The van der Waals surface area contributed by atoms with Crippen LogP contribution < -0.4 is 16.0 Å². The first kappa shape index (κ1) is 22.9. The largest absolute Gasteiger partial charge is 0.444 e. The standard InChI is InChI=1S/C19H27N5O2.HI/c1-19(2,3)26-18(25)23-12-11-22-17(20-4)24-13-15-8-5-7-14-9-6-10-21-16(14)15;/h5-10H,11-13H2,1-4H3,(H,23,25)(H2,20,22,24);1H. The van der Waals surface area contributed by atoms with Crippen LogP contribution in [0, 0.1) is 0 Å². The molecule has 7 nitrogen and oxygen atoms in total. The minimum Gasteiger partial charge on any atom is -0.444 e. The maximum Gasteiger partial charge on any atom is 0.407 e. The highest BCUT2D eigenvalue weighted by Crippen LogP contribution is 2.15. The third-order valence-electron chi connectivity index (χ3n) is 3.47. The number of para-hydroxylation sites is 1. The number of pyridine rings is 1. The monoisotopic (exact) mass is 485 g/mol. The molecule has 0 aliphatic heterocycles. The maximum atomic E-state index is 11.6. The molecule has 27 heavy (non-hydrogen) atoms. The zero-order chi connectivity index (χ0) is 19.0. The van der Waals surface area contributed by atoms with Gasteiger partial charge < -0.3 is 20.7 Å². The molecule has 0 spiro atoms. The van der Waals surface area contributed by atoms with Crippen LogP contribution in [0.3, 0.4) is 0 Å². The molecule has 1 aromatic heterocycles. The second-order valence-corrected chi connectivity index (χ2v) is 6.77. The second-order valence-electron chi connectivity index (χ2n) is 6.77. The molecule has 2 rings (SSSR count). The third kappa shape index (κ3) is 7.98.